The molecule has 1 saturated heterocycles. The van der Waals surface area contributed by atoms with Crippen molar-refractivity contribution in [1.29, 1.82) is 5.26 Å². The molecule has 1 fully saturated rings. The molecular formula is C23H37N5O2. The lowest BCUT2D eigenvalue weighted by molar-refractivity contribution is 0.0497. The molecule has 1 atom stereocenters. The molecule has 0 aromatic heterocycles. The van der Waals surface area contributed by atoms with Gasteiger partial charge in [0.05, 0.1) is 37.6 Å². The smallest absolute Gasteiger partial charge is 0.191 e. The molecule has 1 heterocycles. The summed E-state index contributed by atoms with van der Waals surface area (Å²) in [7, 11) is 0. The SMILES string of the molecule is CCCCOCCOCCN=C(NCC)NC1CCCN(c2ccccc2C#N)C1. The number of nitrogens with one attached hydrogen (secondary N) is 2. The molecule has 2 N–H and O–H groups in total. The van der Waals surface area contributed by atoms with Crippen LogP contribution in [0.25, 0.3) is 0 Å². The third-order valence-electron chi connectivity index (χ3n) is 4.99. The summed E-state index contributed by atoms with van der Waals surface area (Å²) in [5, 5.41) is 16.3. The number of benzene rings is 1. The van der Waals surface area contributed by atoms with E-state index >= 15 is 0 Å². The van der Waals surface area contributed by atoms with E-state index in [2.05, 4.69) is 40.4 Å². The summed E-state index contributed by atoms with van der Waals surface area (Å²) < 4.78 is 11.1. The number of hydrogen-bond donors (Lipinski definition) is 2. The van der Waals surface area contributed by atoms with Crippen LogP contribution in [0.15, 0.2) is 29.3 Å². The quantitative estimate of drug-likeness (QED) is 0.310. The number of rotatable bonds is 12. The Kier molecular flexibility index (Phi) is 11.7. The maximum Gasteiger partial charge on any atom is 0.191 e. The summed E-state index contributed by atoms with van der Waals surface area (Å²) in [4.78, 5) is 6.94. The van der Waals surface area contributed by atoms with Crippen molar-refractivity contribution in [3.8, 4) is 6.07 Å². The molecular weight excluding hydrogens is 378 g/mol. The van der Waals surface area contributed by atoms with Crippen molar-refractivity contribution in [2.24, 2.45) is 4.99 Å². The molecule has 1 aliphatic rings. The summed E-state index contributed by atoms with van der Waals surface area (Å²) in [6.07, 6.45) is 4.42. The first-order chi connectivity index (χ1) is 14.8. The maximum atomic E-state index is 9.40. The lowest BCUT2D eigenvalue weighted by Gasteiger charge is -2.35. The molecule has 0 aliphatic carbocycles. The van der Waals surface area contributed by atoms with Gasteiger partial charge in [-0.3, -0.25) is 4.99 Å². The fourth-order valence-corrected chi connectivity index (χ4v) is 3.46. The Hall–Kier alpha value is -2.30. The predicted molar refractivity (Wildman–Crippen MR) is 122 cm³/mol. The zero-order valence-corrected chi connectivity index (χ0v) is 18.5. The fraction of sp³-hybridized carbons (Fsp3) is 0.652. The zero-order chi connectivity index (χ0) is 21.4. The summed E-state index contributed by atoms with van der Waals surface area (Å²) >= 11 is 0. The first-order valence-corrected chi connectivity index (χ1v) is 11.2. The van der Waals surface area contributed by atoms with E-state index in [1.807, 2.05) is 24.3 Å². The van der Waals surface area contributed by atoms with E-state index in [9.17, 15) is 5.26 Å². The van der Waals surface area contributed by atoms with Gasteiger partial charge in [-0.2, -0.15) is 5.26 Å². The van der Waals surface area contributed by atoms with E-state index in [0.29, 0.717) is 26.4 Å². The number of nitriles is 1. The number of nitrogens with zero attached hydrogens (tertiary/aromatic N) is 3. The molecule has 30 heavy (non-hydrogen) atoms. The van der Waals surface area contributed by atoms with Gasteiger partial charge in [0, 0.05) is 32.3 Å². The van der Waals surface area contributed by atoms with Gasteiger partial charge in [-0.15, -0.1) is 0 Å². The van der Waals surface area contributed by atoms with Gasteiger partial charge in [0.1, 0.15) is 6.07 Å². The zero-order valence-electron chi connectivity index (χ0n) is 18.5. The second-order valence-electron chi connectivity index (χ2n) is 7.40. The molecule has 1 aromatic rings. The topological polar surface area (TPSA) is 81.9 Å². The second-order valence-corrected chi connectivity index (χ2v) is 7.40. The molecule has 166 valence electrons. The highest BCUT2D eigenvalue weighted by molar-refractivity contribution is 5.80. The van der Waals surface area contributed by atoms with Gasteiger partial charge in [-0.1, -0.05) is 25.5 Å². The molecule has 0 radical (unpaired) electrons. The monoisotopic (exact) mass is 415 g/mol. The van der Waals surface area contributed by atoms with Crippen molar-refractivity contribution < 1.29 is 9.47 Å². The number of ether oxygens (including phenoxy) is 2. The Morgan fingerprint density at radius 1 is 1.20 bits per heavy atom. The number of guanidine groups is 1. The largest absolute Gasteiger partial charge is 0.379 e. The van der Waals surface area contributed by atoms with Crippen LogP contribution >= 0.6 is 0 Å². The van der Waals surface area contributed by atoms with Crippen molar-refractivity contribution in [2.45, 2.75) is 45.6 Å². The van der Waals surface area contributed by atoms with Crippen molar-refractivity contribution in [1.82, 2.24) is 10.6 Å². The Bertz CT molecular complexity index is 674. The minimum Gasteiger partial charge on any atom is -0.379 e. The van der Waals surface area contributed by atoms with Crippen LogP contribution in [0.1, 0.15) is 45.1 Å². The molecule has 7 nitrogen and oxygen atoms in total. The number of anilines is 1. The normalized spacial score (nSPS) is 16.9. The van der Waals surface area contributed by atoms with Crippen LogP contribution in [-0.4, -0.2) is 64.6 Å². The average Bonchev–Trinajstić information content (AvgIpc) is 2.78. The van der Waals surface area contributed by atoms with Crippen LogP contribution in [0.2, 0.25) is 0 Å². The molecule has 0 amide bonds. The first-order valence-electron chi connectivity index (χ1n) is 11.2. The van der Waals surface area contributed by atoms with Gasteiger partial charge in [-0.25, -0.2) is 0 Å². The van der Waals surface area contributed by atoms with Gasteiger partial charge < -0.3 is 25.0 Å². The minimum atomic E-state index is 0.288. The number of hydrogen-bond acceptors (Lipinski definition) is 5. The summed E-state index contributed by atoms with van der Waals surface area (Å²) in [6.45, 7) is 10.1. The Morgan fingerprint density at radius 3 is 2.77 bits per heavy atom. The van der Waals surface area contributed by atoms with Gasteiger partial charge in [-0.05, 0) is 38.3 Å². The highest BCUT2D eigenvalue weighted by Crippen LogP contribution is 2.23. The van der Waals surface area contributed by atoms with Crippen LogP contribution in [0.5, 0.6) is 0 Å². The number of unbranched alkanes of at least 4 members (excludes halogenated alkanes) is 1. The molecule has 7 heteroatoms. The highest BCUT2D eigenvalue weighted by atomic mass is 16.5. The summed E-state index contributed by atoms with van der Waals surface area (Å²) in [6, 6.07) is 10.4. The van der Waals surface area contributed by atoms with Gasteiger partial charge >= 0.3 is 0 Å². The lowest BCUT2D eigenvalue weighted by Crippen LogP contribution is -2.51. The molecule has 1 unspecified atom stereocenters. The Morgan fingerprint density at radius 2 is 2.00 bits per heavy atom. The van der Waals surface area contributed by atoms with E-state index in [1.165, 1.54) is 0 Å². The predicted octanol–water partition coefficient (Wildman–Crippen LogP) is 2.92. The van der Waals surface area contributed by atoms with Crippen LogP contribution in [-0.2, 0) is 9.47 Å². The van der Waals surface area contributed by atoms with E-state index in [0.717, 1.165) is 69.1 Å². The molecule has 0 spiro atoms. The Balaban J connectivity index is 1.78. The van der Waals surface area contributed by atoms with Crippen molar-refractivity contribution >= 4 is 11.6 Å². The van der Waals surface area contributed by atoms with Crippen molar-refractivity contribution in [2.75, 3.05) is 57.5 Å². The van der Waals surface area contributed by atoms with Crippen LogP contribution in [0, 0.1) is 11.3 Å². The van der Waals surface area contributed by atoms with E-state index in [4.69, 9.17) is 9.47 Å². The second kappa shape index (κ2) is 14.6. The van der Waals surface area contributed by atoms with Crippen molar-refractivity contribution in [3.05, 3.63) is 29.8 Å². The summed E-state index contributed by atoms with van der Waals surface area (Å²) in [5.74, 6) is 0.820. The molecule has 0 bridgehead atoms. The van der Waals surface area contributed by atoms with Crippen molar-refractivity contribution in [3.63, 3.8) is 0 Å². The standard InChI is InChI=1S/C23H37N5O2/c1-3-5-14-29-16-17-30-15-12-26-23(25-4-2)27-21-10-8-13-28(19-21)22-11-7-6-9-20(22)18-24/h6-7,9,11,21H,3-5,8,10,12-17,19H2,1-2H3,(H2,25,26,27). The third-order valence-corrected chi connectivity index (χ3v) is 4.99. The van der Waals surface area contributed by atoms with E-state index in [1.54, 1.807) is 0 Å². The van der Waals surface area contributed by atoms with E-state index in [-0.39, 0.29) is 6.04 Å². The van der Waals surface area contributed by atoms with Gasteiger partial charge in [0.15, 0.2) is 5.96 Å². The van der Waals surface area contributed by atoms with E-state index < -0.39 is 0 Å². The number of piperidine rings is 1. The molecule has 1 aromatic carbocycles. The van der Waals surface area contributed by atoms with Gasteiger partial charge in [0.25, 0.3) is 0 Å². The number of aliphatic imine (C=N–C) groups is 1. The summed E-state index contributed by atoms with van der Waals surface area (Å²) in [5.41, 5.74) is 1.75. The molecule has 0 saturated carbocycles. The molecule has 1 aliphatic heterocycles. The average molecular weight is 416 g/mol. The van der Waals surface area contributed by atoms with Crippen LogP contribution < -0.4 is 15.5 Å². The molecule has 2 rings (SSSR count). The minimum absolute atomic E-state index is 0.288. The lowest BCUT2D eigenvalue weighted by atomic mass is 10.0. The Labute approximate surface area is 181 Å². The maximum absolute atomic E-state index is 9.40. The van der Waals surface area contributed by atoms with Gasteiger partial charge in [0.2, 0.25) is 0 Å². The van der Waals surface area contributed by atoms with Crippen LogP contribution in [0.4, 0.5) is 5.69 Å². The third kappa shape index (κ3) is 8.60. The fourth-order valence-electron chi connectivity index (χ4n) is 3.46. The van der Waals surface area contributed by atoms with Crippen LogP contribution in [0.3, 0.4) is 0 Å². The first kappa shape index (κ1) is 24.0. The highest BCUT2D eigenvalue weighted by Gasteiger charge is 2.22. The number of para-hydroxylation sites is 1.